The number of ketones is 2. The number of Topliss-reactive ketones (excluding diaryl/α,β-unsaturated/α-hetero) is 2. The summed E-state index contributed by atoms with van der Waals surface area (Å²) in [5.41, 5.74) is -2.30. The minimum Gasteiger partial charge on any atom is -0.458 e. The van der Waals surface area contributed by atoms with E-state index >= 15 is 0 Å². The Morgan fingerprint density at radius 2 is 1.93 bits per heavy atom. The van der Waals surface area contributed by atoms with Crippen LogP contribution in [-0.2, 0) is 23.9 Å². The van der Waals surface area contributed by atoms with Crippen LogP contribution in [0.1, 0.15) is 72.6 Å². The Kier molecular flexibility index (Phi) is 4.23. The first-order valence-electron chi connectivity index (χ1n) is 11.6. The third-order valence-corrected chi connectivity index (χ3v) is 10.3. The van der Waals surface area contributed by atoms with Crippen LogP contribution in [0.3, 0.4) is 0 Å². The number of carbonyl (C=O) groups is 3. The Bertz CT molecular complexity index is 823. The van der Waals surface area contributed by atoms with E-state index in [9.17, 15) is 19.5 Å². The summed E-state index contributed by atoms with van der Waals surface area (Å²) in [6.45, 7) is 7.25. The highest BCUT2D eigenvalue weighted by Gasteiger charge is 2.82. The molecule has 0 aromatic carbocycles. The lowest BCUT2D eigenvalue weighted by atomic mass is 9.44. The second-order valence-electron chi connectivity index (χ2n) is 11.3. The van der Waals surface area contributed by atoms with Crippen molar-refractivity contribution in [2.24, 2.45) is 34.5 Å². The smallest absolute Gasteiger partial charge is 0.303 e. The zero-order valence-electron chi connectivity index (χ0n) is 18.5. The molecule has 1 aliphatic heterocycles. The zero-order valence-corrected chi connectivity index (χ0v) is 18.5. The number of rotatable bonds is 3. The van der Waals surface area contributed by atoms with E-state index in [4.69, 9.17) is 9.47 Å². The van der Waals surface area contributed by atoms with Gasteiger partial charge in [0.2, 0.25) is 5.78 Å². The van der Waals surface area contributed by atoms with Crippen molar-refractivity contribution in [2.45, 2.75) is 89.9 Å². The molecule has 9 unspecified atom stereocenters. The van der Waals surface area contributed by atoms with Crippen molar-refractivity contribution >= 4 is 17.5 Å². The molecule has 1 saturated heterocycles. The fourth-order valence-electron chi connectivity index (χ4n) is 8.71. The van der Waals surface area contributed by atoms with Crippen molar-refractivity contribution in [2.75, 3.05) is 6.61 Å². The number of aliphatic hydroxyl groups is 1. The first-order chi connectivity index (χ1) is 14.0. The molecule has 4 saturated carbocycles. The van der Waals surface area contributed by atoms with E-state index < -0.39 is 17.0 Å². The van der Waals surface area contributed by atoms with Gasteiger partial charge in [-0.2, -0.15) is 0 Å². The highest BCUT2D eigenvalue weighted by Crippen LogP contribution is 2.77. The Labute approximate surface area is 178 Å². The van der Waals surface area contributed by atoms with E-state index in [0.29, 0.717) is 36.9 Å². The van der Waals surface area contributed by atoms with Gasteiger partial charge in [-0.25, -0.2) is 0 Å². The molecule has 4 aliphatic carbocycles. The van der Waals surface area contributed by atoms with Crippen LogP contribution >= 0.6 is 0 Å². The molecule has 0 amide bonds. The van der Waals surface area contributed by atoms with Crippen molar-refractivity contribution in [3.8, 4) is 0 Å². The second kappa shape index (κ2) is 6.16. The molecular formula is C24H34O6. The summed E-state index contributed by atoms with van der Waals surface area (Å²) in [5, 5.41) is 11.8. The van der Waals surface area contributed by atoms with Crippen LogP contribution in [-0.4, -0.2) is 46.6 Å². The van der Waals surface area contributed by atoms with Gasteiger partial charge in [0.15, 0.2) is 6.61 Å². The highest BCUT2D eigenvalue weighted by molar-refractivity contribution is 5.91. The van der Waals surface area contributed by atoms with Gasteiger partial charge in [0.25, 0.3) is 0 Å². The maximum atomic E-state index is 13.1. The molecule has 9 atom stereocenters. The fourth-order valence-corrected chi connectivity index (χ4v) is 8.71. The van der Waals surface area contributed by atoms with Crippen LogP contribution in [0.25, 0.3) is 0 Å². The summed E-state index contributed by atoms with van der Waals surface area (Å²) >= 11 is 0. The van der Waals surface area contributed by atoms with Crippen LogP contribution in [0.15, 0.2) is 0 Å². The number of hydrogen-bond donors (Lipinski definition) is 1. The molecule has 5 aliphatic rings. The first-order valence-corrected chi connectivity index (χ1v) is 11.6. The van der Waals surface area contributed by atoms with Gasteiger partial charge in [-0.05, 0) is 55.8 Å². The van der Waals surface area contributed by atoms with Crippen LogP contribution < -0.4 is 0 Å². The number of fused-ring (bicyclic) bond motifs is 3. The Morgan fingerprint density at radius 3 is 2.63 bits per heavy atom. The predicted molar refractivity (Wildman–Crippen MR) is 107 cm³/mol. The van der Waals surface area contributed by atoms with E-state index in [2.05, 4.69) is 13.8 Å². The standard InChI is InChI=1S/C24H34O6/c1-13-9-18-17-6-5-15-10-16(26)7-8-21(15,3)24(17)20(30-24)11-22(18,4)23(13,28)19(27)12-29-14(2)25/h13,15,17-18,20,28H,5-12H2,1-4H3. The molecule has 0 radical (unpaired) electrons. The van der Waals surface area contributed by atoms with Gasteiger partial charge >= 0.3 is 5.97 Å². The minimum atomic E-state index is -1.51. The third-order valence-electron chi connectivity index (χ3n) is 10.3. The molecule has 166 valence electrons. The van der Waals surface area contributed by atoms with Crippen molar-refractivity contribution in [3.63, 3.8) is 0 Å². The number of ether oxygens (including phenoxy) is 2. The summed E-state index contributed by atoms with van der Waals surface area (Å²) in [5.74, 6) is 0.167. The minimum absolute atomic E-state index is 0.00150. The van der Waals surface area contributed by atoms with E-state index in [0.717, 1.165) is 25.7 Å². The van der Waals surface area contributed by atoms with Crippen LogP contribution in [0.5, 0.6) is 0 Å². The van der Waals surface area contributed by atoms with Crippen LogP contribution in [0.4, 0.5) is 0 Å². The molecular weight excluding hydrogens is 384 g/mol. The van der Waals surface area contributed by atoms with E-state index in [1.807, 2.05) is 6.92 Å². The Balaban J connectivity index is 1.49. The second-order valence-corrected chi connectivity index (χ2v) is 11.3. The molecule has 0 aromatic heterocycles. The molecule has 1 heterocycles. The molecule has 0 bridgehead atoms. The number of hydrogen-bond acceptors (Lipinski definition) is 6. The lowest BCUT2D eigenvalue weighted by molar-refractivity contribution is -0.174. The molecule has 1 N–H and O–H groups in total. The molecule has 6 nitrogen and oxygen atoms in total. The van der Waals surface area contributed by atoms with Crippen molar-refractivity contribution < 1.29 is 29.0 Å². The SMILES string of the molecule is CC(=O)OCC(=O)C1(O)C(C)CC2C3CCC4CC(=O)CCC4(C)C34OC4CC21C. The zero-order chi connectivity index (χ0) is 21.7. The molecule has 5 rings (SSSR count). The fraction of sp³-hybridized carbons (Fsp3) is 0.875. The van der Waals surface area contributed by atoms with Gasteiger partial charge in [-0.1, -0.05) is 20.8 Å². The normalized spacial score (nSPS) is 53.8. The maximum Gasteiger partial charge on any atom is 0.303 e. The maximum absolute atomic E-state index is 13.1. The summed E-state index contributed by atoms with van der Waals surface area (Å²) in [6, 6.07) is 0. The molecule has 5 fully saturated rings. The summed E-state index contributed by atoms with van der Waals surface area (Å²) in [7, 11) is 0. The van der Waals surface area contributed by atoms with Gasteiger partial charge in [0.1, 0.15) is 17.0 Å². The monoisotopic (exact) mass is 418 g/mol. The van der Waals surface area contributed by atoms with Gasteiger partial charge in [0, 0.05) is 30.6 Å². The lowest BCUT2D eigenvalue weighted by Gasteiger charge is -2.58. The van der Waals surface area contributed by atoms with Crippen molar-refractivity contribution in [1.82, 2.24) is 0 Å². The van der Waals surface area contributed by atoms with Crippen molar-refractivity contribution in [1.29, 1.82) is 0 Å². The molecule has 1 spiro atoms. The van der Waals surface area contributed by atoms with Crippen LogP contribution in [0, 0.1) is 34.5 Å². The Hall–Kier alpha value is -1.27. The number of epoxide rings is 1. The largest absolute Gasteiger partial charge is 0.458 e. The average molecular weight is 419 g/mol. The van der Waals surface area contributed by atoms with E-state index in [-0.39, 0.29) is 41.3 Å². The van der Waals surface area contributed by atoms with Gasteiger partial charge < -0.3 is 14.6 Å². The number of carbonyl (C=O) groups excluding carboxylic acids is 3. The summed E-state index contributed by atoms with van der Waals surface area (Å²) in [4.78, 5) is 36.5. The predicted octanol–water partition coefficient (Wildman–Crippen LogP) is 2.84. The number of esters is 1. The van der Waals surface area contributed by atoms with Gasteiger partial charge in [-0.15, -0.1) is 0 Å². The highest BCUT2D eigenvalue weighted by atomic mass is 16.6. The Morgan fingerprint density at radius 1 is 1.20 bits per heavy atom. The topological polar surface area (TPSA) is 93.2 Å². The van der Waals surface area contributed by atoms with E-state index in [1.54, 1.807) is 0 Å². The summed E-state index contributed by atoms with van der Waals surface area (Å²) in [6.07, 6.45) is 5.67. The molecule has 30 heavy (non-hydrogen) atoms. The quantitative estimate of drug-likeness (QED) is 0.560. The molecule has 0 aromatic rings. The third kappa shape index (κ3) is 2.25. The molecule has 6 heteroatoms. The van der Waals surface area contributed by atoms with Crippen LogP contribution in [0.2, 0.25) is 0 Å². The van der Waals surface area contributed by atoms with Gasteiger partial charge in [0.05, 0.1) is 6.10 Å². The van der Waals surface area contributed by atoms with E-state index in [1.165, 1.54) is 6.92 Å². The van der Waals surface area contributed by atoms with Gasteiger partial charge in [-0.3, -0.25) is 14.4 Å². The lowest BCUT2D eigenvalue weighted by Crippen LogP contribution is -2.64. The van der Waals surface area contributed by atoms with Crippen molar-refractivity contribution in [3.05, 3.63) is 0 Å². The summed E-state index contributed by atoms with van der Waals surface area (Å²) < 4.78 is 11.5. The average Bonchev–Trinajstić information content (AvgIpc) is 3.36. The first kappa shape index (κ1) is 20.6.